The van der Waals surface area contributed by atoms with Crippen molar-refractivity contribution in [3.63, 3.8) is 0 Å². The Morgan fingerprint density at radius 1 is 1.22 bits per heavy atom. The van der Waals surface area contributed by atoms with Crippen LogP contribution in [0.25, 0.3) is 11.4 Å². The maximum absolute atomic E-state index is 5.92. The lowest BCUT2D eigenvalue weighted by molar-refractivity contribution is 0.122. The third kappa shape index (κ3) is 2.02. The number of nitrogen functional groups attached to an aromatic ring is 1. The van der Waals surface area contributed by atoms with Crippen LogP contribution in [-0.4, -0.2) is 41.5 Å². The fourth-order valence-corrected chi connectivity index (χ4v) is 1.99. The van der Waals surface area contributed by atoms with Gasteiger partial charge in [0.1, 0.15) is 0 Å². The molecule has 2 heterocycles. The molecule has 1 saturated heterocycles. The molecule has 0 bridgehead atoms. The minimum absolute atomic E-state index is 0.696. The van der Waals surface area contributed by atoms with E-state index >= 15 is 0 Å². The minimum atomic E-state index is 0.696. The Labute approximate surface area is 105 Å². The van der Waals surface area contributed by atoms with Gasteiger partial charge < -0.3 is 15.4 Å². The number of aromatic amines is 1. The molecule has 0 atom stereocenters. The summed E-state index contributed by atoms with van der Waals surface area (Å²) in [6.07, 6.45) is 0. The van der Waals surface area contributed by atoms with E-state index in [0.29, 0.717) is 17.5 Å². The average Bonchev–Trinajstić information content (AvgIpc) is 2.90. The van der Waals surface area contributed by atoms with Crippen molar-refractivity contribution in [1.29, 1.82) is 0 Å². The first-order valence-electron chi connectivity index (χ1n) is 5.94. The Kier molecular flexibility index (Phi) is 2.85. The number of morpholine rings is 1. The highest BCUT2D eigenvalue weighted by Gasteiger charge is 2.16. The van der Waals surface area contributed by atoms with Gasteiger partial charge in [-0.2, -0.15) is 4.98 Å². The van der Waals surface area contributed by atoms with Gasteiger partial charge in [0.05, 0.1) is 13.2 Å². The lowest BCUT2D eigenvalue weighted by Gasteiger charge is -2.25. The minimum Gasteiger partial charge on any atom is -0.398 e. The van der Waals surface area contributed by atoms with Gasteiger partial charge in [-0.05, 0) is 12.1 Å². The molecule has 2 aromatic rings. The quantitative estimate of drug-likeness (QED) is 0.768. The first kappa shape index (κ1) is 11.0. The summed E-state index contributed by atoms with van der Waals surface area (Å²) < 4.78 is 5.30. The number of hydrogen-bond acceptors (Lipinski definition) is 5. The maximum Gasteiger partial charge on any atom is 0.245 e. The molecule has 0 radical (unpaired) electrons. The zero-order valence-corrected chi connectivity index (χ0v) is 9.97. The Bertz CT molecular complexity index is 533. The Morgan fingerprint density at radius 3 is 2.78 bits per heavy atom. The van der Waals surface area contributed by atoms with Crippen LogP contribution in [0.4, 0.5) is 11.6 Å². The molecule has 1 aromatic heterocycles. The molecular weight excluding hydrogens is 230 g/mol. The van der Waals surface area contributed by atoms with Gasteiger partial charge in [-0.3, -0.25) is 5.10 Å². The SMILES string of the molecule is Nc1ccccc1-c1nc(N2CCOCC2)n[nH]1. The van der Waals surface area contributed by atoms with Gasteiger partial charge in [0.15, 0.2) is 5.82 Å². The fourth-order valence-electron chi connectivity index (χ4n) is 1.99. The third-order valence-electron chi connectivity index (χ3n) is 2.98. The van der Waals surface area contributed by atoms with E-state index < -0.39 is 0 Å². The molecule has 6 nitrogen and oxygen atoms in total. The molecule has 1 aliphatic rings. The molecule has 3 N–H and O–H groups in total. The second-order valence-electron chi connectivity index (χ2n) is 4.17. The van der Waals surface area contributed by atoms with Crippen molar-refractivity contribution in [2.75, 3.05) is 36.9 Å². The molecule has 1 aromatic carbocycles. The zero-order chi connectivity index (χ0) is 12.4. The average molecular weight is 245 g/mol. The Hall–Kier alpha value is -2.08. The first-order valence-corrected chi connectivity index (χ1v) is 5.94. The summed E-state index contributed by atoms with van der Waals surface area (Å²) in [5.74, 6) is 1.41. The maximum atomic E-state index is 5.92. The van der Waals surface area contributed by atoms with Crippen LogP contribution in [0, 0.1) is 0 Å². The number of ether oxygens (including phenoxy) is 1. The topological polar surface area (TPSA) is 80.1 Å². The van der Waals surface area contributed by atoms with Crippen molar-refractivity contribution < 1.29 is 4.74 Å². The molecule has 18 heavy (non-hydrogen) atoms. The normalized spacial score (nSPS) is 15.9. The smallest absolute Gasteiger partial charge is 0.245 e. The van der Waals surface area contributed by atoms with Gasteiger partial charge in [0, 0.05) is 24.3 Å². The van der Waals surface area contributed by atoms with Crippen LogP contribution in [0.3, 0.4) is 0 Å². The third-order valence-corrected chi connectivity index (χ3v) is 2.98. The number of aromatic nitrogens is 3. The number of benzene rings is 1. The van der Waals surface area contributed by atoms with Gasteiger partial charge in [0.2, 0.25) is 5.95 Å². The second-order valence-corrected chi connectivity index (χ2v) is 4.17. The monoisotopic (exact) mass is 245 g/mol. The molecule has 0 aliphatic carbocycles. The van der Waals surface area contributed by atoms with E-state index in [1.165, 1.54) is 0 Å². The highest BCUT2D eigenvalue weighted by molar-refractivity contribution is 5.71. The van der Waals surface area contributed by atoms with Crippen molar-refractivity contribution >= 4 is 11.6 Å². The number of para-hydroxylation sites is 1. The number of anilines is 2. The standard InChI is InChI=1S/C12H15N5O/c13-10-4-2-1-3-9(10)11-14-12(16-15-11)17-5-7-18-8-6-17/h1-4H,5-8,13H2,(H,14,15,16). The lowest BCUT2D eigenvalue weighted by Crippen LogP contribution is -2.36. The number of nitrogens with one attached hydrogen (secondary N) is 1. The summed E-state index contributed by atoms with van der Waals surface area (Å²) in [6.45, 7) is 3.08. The molecule has 94 valence electrons. The van der Waals surface area contributed by atoms with Crippen molar-refractivity contribution in [3.8, 4) is 11.4 Å². The number of H-pyrrole nitrogens is 1. The first-order chi connectivity index (χ1) is 8.84. The fraction of sp³-hybridized carbons (Fsp3) is 0.333. The van der Waals surface area contributed by atoms with Crippen LogP contribution in [0.1, 0.15) is 0 Å². The van der Waals surface area contributed by atoms with Crippen LogP contribution >= 0.6 is 0 Å². The summed E-state index contributed by atoms with van der Waals surface area (Å²) in [5.41, 5.74) is 7.49. The van der Waals surface area contributed by atoms with Gasteiger partial charge in [-0.1, -0.05) is 12.1 Å². The van der Waals surface area contributed by atoms with Crippen LogP contribution < -0.4 is 10.6 Å². The van der Waals surface area contributed by atoms with Crippen LogP contribution in [0.15, 0.2) is 24.3 Å². The number of nitrogens with zero attached hydrogens (tertiary/aromatic N) is 3. The van der Waals surface area contributed by atoms with E-state index in [-0.39, 0.29) is 0 Å². The summed E-state index contributed by atoms with van der Waals surface area (Å²) in [4.78, 5) is 6.59. The zero-order valence-electron chi connectivity index (χ0n) is 9.97. The summed E-state index contributed by atoms with van der Waals surface area (Å²) >= 11 is 0. The molecule has 0 spiro atoms. The Morgan fingerprint density at radius 2 is 2.00 bits per heavy atom. The highest BCUT2D eigenvalue weighted by atomic mass is 16.5. The largest absolute Gasteiger partial charge is 0.398 e. The molecular formula is C12H15N5O. The van der Waals surface area contributed by atoms with Crippen molar-refractivity contribution in [2.45, 2.75) is 0 Å². The highest BCUT2D eigenvalue weighted by Crippen LogP contribution is 2.23. The van der Waals surface area contributed by atoms with Crippen LogP contribution in [0.5, 0.6) is 0 Å². The summed E-state index contributed by atoms with van der Waals surface area (Å²) in [7, 11) is 0. The van der Waals surface area contributed by atoms with Gasteiger partial charge in [-0.15, -0.1) is 5.10 Å². The van der Waals surface area contributed by atoms with Crippen molar-refractivity contribution in [1.82, 2.24) is 15.2 Å². The van der Waals surface area contributed by atoms with E-state index in [1.807, 2.05) is 24.3 Å². The van der Waals surface area contributed by atoms with Crippen molar-refractivity contribution in [2.24, 2.45) is 0 Å². The molecule has 0 unspecified atom stereocenters. The summed E-state index contributed by atoms with van der Waals surface area (Å²) in [6, 6.07) is 7.62. The van der Waals surface area contributed by atoms with Crippen LogP contribution in [0.2, 0.25) is 0 Å². The lowest BCUT2D eigenvalue weighted by atomic mass is 10.2. The molecule has 3 rings (SSSR count). The number of hydrogen-bond donors (Lipinski definition) is 2. The second kappa shape index (κ2) is 4.66. The predicted molar refractivity (Wildman–Crippen MR) is 69.3 cm³/mol. The molecule has 1 fully saturated rings. The number of rotatable bonds is 2. The molecule has 0 saturated carbocycles. The van der Waals surface area contributed by atoms with E-state index in [0.717, 1.165) is 31.9 Å². The predicted octanol–water partition coefficient (Wildman–Crippen LogP) is 0.890. The molecule has 1 aliphatic heterocycles. The van der Waals surface area contributed by atoms with E-state index in [4.69, 9.17) is 10.5 Å². The molecule has 0 amide bonds. The van der Waals surface area contributed by atoms with E-state index in [2.05, 4.69) is 20.1 Å². The van der Waals surface area contributed by atoms with Crippen LogP contribution in [-0.2, 0) is 4.74 Å². The van der Waals surface area contributed by atoms with E-state index in [9.17, 15) is 0 Å². The Balaban J connectivity index is 1.87. The van der Waals surface area contributed by atoms with Gasteiger partial charge in [-0.25, -0.2) is 0 Å². The summed E-state index contributed by atoms with van der Waals surface area (Å²) in [5, 5.41) is 7.17. The van der Waals surface area contributed by atoms with E-state index in [1.54, 1.807) is 0 Å². The van der Waals surface area contributed by atoms with Gasteiger partial charge >= 0.3 is 0 Å². The number of nitrogens with two attached hydrogens (primary N) is 1. The van der Waals surface area contributed by atoms with Gasteiger partial charge in [0.25, 0.3) is 0 Å². The molecule has 6 heteroatoms. The van der Waals surface area contributed by atoms with Crippen molar-refractivity contribution in [3.05, 3.63) is 24.3 Å².